The summed E-state index contributed by atoms with van der Waals surface area (Å²) >= 11 is 7.72. The molecule has 0 amide bonds. The van der Waals surface area contributed by atoms with Crippen molar-refractivity contribution in [1.29, 1.82) is 0 Å². The number of aromatic amines is 1. The van der Waals surface area contributed by atoms with Crippen LogP contribution in [0.25, 0.3) is 28.1 Å². The van der Waals surface area contributed by atoms with Crippen LogP contribution in [0.2, 0.25) is 5.02 Å². The molecule has 2 aromatic heterocycles. The Balaban J connectivity index is 1.41. The van der Waals surface area contributed by atoms with E-state index in [4.69, 9.17) is 16.3 Å². The van der Waals surface area contributed by atoms with Gasteiger partial charge in [0.25, 0.3) is 0 Å². The molecule has 1 N–H and O–H groups in total. The van der Waals surface area contributed by atoms with E-state index in [9.17, 15) is 4.79 Å². The molecule has 0 fully saturated rings. The third-order valence-corrected chi connectivity index (χ3v) is 6.77. The Morgan fingerprint density at radius 1 is 1.00 bits per heavy atom. The zero-order valence-electron chi connectivity index (χ0n) is 18.4. The average Bonchev–Trinajstić information content (AvgIpc) is 3.42. The number of aromatic nitrogens is 5. The van der Waals surface area contributed by atoms with Crippen LogP contribution in [0.15, 0.2) is 82.7 Å². The largest absolute Gasteiger partial charge is 0.496 e. The number of para-hydroxylation sites is 3. The fourth-order valence-corrected chi connectivity index (χ4v) is 4.91. The Bertz CT molecular complexity index is 1490. The molecule has 0 saturated heterocycles. The van der Waals surface area contributed by atoms with Gasteiger partial charge >= 0.3 is 5.69 Å². The van der Waals surface area contributed by atoms with Crippen LogP contribution in [-0.2, 0) is 6.54 Å². The molecule has 7 nitrogen and oxygen atoms in total. The molecule has 0 spiro atoms. The fourth-order valence-electron chi connectivity index (χ4n) is 3.91. The number of aryl methyl sites for hydroxylation is 1. The number of nitrogens with zero attached hydrogens (tertiary/aromatic N) is 4. The minimum Gasteiger partial charge on any atom is -0.496 e. The summed E-state index contributed by atoms with van der Waals surface area (Å²) < 4.78 is 9.35. The van der Waals surface area contributed by atoms with E-state index < -0.39 is 0 Å². The first-order valence-corrected chi connectivity index (χ1v) is 12.2. The average molecular weight is 492 g/mol. The molecule has 34 heavy (non-hydrogen) atoms. The molecular formula is C25H22ClN5O2S. The van der Waals surface area contributed by atoms with Gasteiger partial charge in [-0.1, -0.05) is 47.6 Å². The van der Waals surface area contributed by atoms with Crippen molar-refractivity contribution < 1.29 is 4.74 Å². The van der Waals surface area contributed by atoms with E-state index in [1.165, 1.54) is 0 Å². The summed E-state index contributed by atoms with van der Waals surface area (Å²) in [6.45, 7) is 0.615. The fraction of sp³-hybridized carbons (Fsp3) is 0.160. The molecule has 5 rings (SSSR count). The highest BCUT2D eigenvalue weighted by Gasteiger charge is 2.19. The van der Waals surface area contributed by atoms with Gasteiger partial charge in [0.1, 0.15) is 5.75 Å². The van der Waals surface area contributed by atoms with E-state index >= 15 is 0 Å². The number of fused-ring (bicyclic) bond motifs is 1. The van der Waals surface area contributed by atoms with Crippen LogP contribution in [0.3, 0.4) is 0 Å². The number of nitrogens with one attached hydrogen (secondary N) is 1. The Kier molecular flexibility index (Phi) is 6.42. The van der Waals surface area contributed by atoms with Crippen molar-refractivity contribution >= 4 is 34.4 Å². The monoisotopic (exact) mass is 491 g/mol. The number of methoxy groups -OCH3 is 1. The summed E-state index contributed by atoms with van der Waals surface area (Å²) in [5.74, 6) is 2.18. The summed E-state index contributed by atoms with van der Waals surface area (Å²) in [4.78, 5) is 15.2. The second kappa shape index (κ2) is 9.79. The van der Waals surface area contributed by atoms with E-state index in [1.54, 1.807) is 23.4 Å². The number of H-pyrrole nitrogens is 1. The smallest absolute Gasteiger partial charge is 0.326 e. The lowest BCUT2D eigenvalue weighted by molar-refractivity contribution is 0.416. The minimum absolute atomic E-state index is 0.0889. The maximum atomic E-state index is 12.3. The zero-order valence-corrected chi connectivity index (χ0v) is 20.0. The molecule has 0 bridgehead atoms. The van der Waals surface area contributed by atoms with Crippen molar-refractivity contribution in [1.82, 2.24) is 24.3 Å². The van der Waals surface area contributed by atoms with Crippen LogP contribution < -0.4 is 10.4 Å². The van der Waals surface area contributed by atoms with Crippen molar-refractivity contribution in [3.05, 3.63) is 88.3 Å². The molecule has 0 saturated carbocycles. The minimum atomic E-state index is -0.0889. The molecule has 0 aliphatic heterocycles. The lowest BCUT2D eigenvalue weighted by Crippen LogP contribution is -2.17. The van der Waals surface area contributed by atoms with Crippen molar-refractivity contribution in [3.63, 3.8) is 0 Å². The van der Waals surface area contributed by atoms with Gasteiger partial charge in [-0.15, -0.1) is 10.2 Å². The molecule has 0 radical (unpaired) electrons. The lowest BCUT2D eigenvalue weighted by atomic mass is 10.2. The Morgan fingerprint density at radius 3 is 2.59 bits per heavy atom. The van der Waals surface area contributed by atoms with Crippen LogP contribution in [0, 0.1) is 0 Å². The van der Waals surface area contributed by atoms with Crippen molar-refractivity contribution in [2.75, 3.05) is 12.9 Å². The van der Waals surface area contributed by atoms with E-state index in [0.29, 0.717) is 17.4 Å². The predicted octanol–water partition coefficient (Wildman–Crippen LogP) is 5.42. The van der Waals surface area contributed by atoms with Crippen LogP contribution in [0.4, 0.5) is 0 Å². The summed E-state index contributed by atoms with van der Waals surface area (Å²) in [5.41, 5.74) is 3.44. The van der Waals surface area contributed by atoms with Crippen LogP contribution in [-0.4, -0.2) is 37.2 Å². The molecule has 0 aliphatic rings. The van der Waals surface area contributed by atoms with Gasteiger partial charge in [-0.25, -0.2) is 4.79 Å². The van der Waals surface area contributed by atoms with Gasteiger partial charge in [-0.05, 0) is 55.0 Å². The topological polar surface area (TPSA) is 77.7 Å². The standard InChI is InChI=1S/C25H22ClN5O2S/c1-33-22-10-5-2-7-19(22)23-28-29-25(31(23)18-13-11-17(26)12-14-18)34-16-6-15-30-21-9-4-3-8-20(21)27-24(30)32/h2-5,7-14H,6,15-16H2,1H3,(H,27,32). The van der Waals surface area contributed by atoms with Crippen molar-refractivity contribution in [2.45, 2.75) is 18.1 Å². The van der Waals surface area contributed by atoms with E-state index in [-0.39, 0.29) is 5.69 Å². The van der Waals surface area contributed by atoms with Gasteiger partial charge in [0.05, 0.1) is 23.7 Å². The first-order valence-electron chi connectivity index (χ1n) is 10.8. The Hall–Kier alpha value is -3.49. The summed E-state index contributed by atoms with van der Waals surface area (Å²) in [6.07, 6.45) is 0.796. The van der Waals surface area contributed by atoms with E-state index in [1.807, 2.05) is 77.4 Å². The number of hydrogen-bond acceptors (Lipinski definition) is 5. The van der Waals surface area contributed by atoms with Gasteiger partial charge in [-0.2, -0.15) is 0 Å². The van der Waals surface area contributed by atoms with Gasteiger partial charge in [0.2, 0.25) is 0 Å². The summed E-state index contributed by atoms with van der Waals surface area (Å²) in [5, 5.41) is 10.4. The van der Waals surface area contributed by atoms with Gasteiger partial charge < -0.3 is 9.72 Å². The number of halogens is 1. The molecule has 0 unspecified atom stereocenters. The number of ether oxygens (including phenoxy) is 1. The van der Waals surface area contributed by atoms with Crippen molar-refractivity contribution in [2.24, 2.45) is 0 Å². The van der Waals surface area contributed by atoms with Crippen LogP contribution in [0.5, 0.6) is 5.75 Å². The van der Waals surface area contributed by atoms with E-state index in [2.05, 4.69) is 15.2 Å². The summed E-state index contributed by atoms with van der Waals surface area (Å²) in [6, 6.07) is 23.1. The van der Waals surface area contributed by atoms with Crippen molar-refractivity contribution in [3.8, 4) is 22.8 Å². The SMILES string of the molecule is COc1ccccc1-c1nnc(SCCCn2c(=O)[nH]c3ccccc32)n1-c1ccc(Cl)cc1. The van der Waals surface area contributed by atoms with Gasteiger partial charge in [-0.3, -0.25) is 9.13 Å². The Morgan fingerprint density at radius 2 is 1.76 bits per heavy atom. The number of imidazole rings is 1. The molecule has 0 aliphatic carbocycles. The maximum Gasteiger partial charge on any atom is 0.326 e. The number of rotatable bonds is 8. The molecule has 3 aromatic carbocycles. The first kappa shape index (κ1) is 22.3. The highest BCUT2D eigenvalue weighted by Crippen LogP contribution is 2.33. The number of hydrogen-bond donors (Lipinski definition) is 1. The second-order valence-electron chi connectivity index (χ2n) is 7.62. The third kappa shape index (κ3) is 4.34. The highest BCUT2D eigenvalue weighted by atomic mass is 35.5. The zero-order chi connectivity index (χ0) is 23.5. The van der Waals surface area contributed by atoms with Gasteiger partial charge in [0.15, 0.2) is 11.0 Å². The third-order valence-electron chi connectivity index (χ3n) is 5.50. The molecule has 2 heterocycles. The highest BCUT2D eigenvalue weighted by molar-refractivity contribution is 7.99. The normalized spacial score (nSPS) is 11.2. The van der Waals surface area contributed by atoms with Gasteiger partial charge in [0, 0.05) is 23.0 Å². The molecule has 9 heteroatoms. The number of benzene rings is 3. The molecule has 0 atom stereocenters. The Labute approximate surface area is 205 Å². The number of thioether (sulfide) groups is 1. The molecule has 5 aromatic rings. The molecular weight excluding hydrogens is 470 g/mol. The van der Waals surface area contributed by atoms with Crippen LogP contribution >= 0.6 is 23.4 Å². The maximum absolute atomic E-state index is 12.3. The second-order valence-corrected chi connectivity index (χ2v) is 9.12. The summed E-state index contributed by atoms with van der Waals surface area (Å²) in [7, 11) is 1.64. The quantitative estimate of drug-likeness (QED) is 0.231. The lowest BCUT2D eigenvalue weighted by Gasteiger charge is -2.12. The first-order chi connectivity index (χ1) is 16.7. The van der Waals surface area contributed by atoms with Crippen LogP contribution in [0.1, 0.15) is 6.42 Å². The van der Waals surface area contributed by atoms with E-state index in [0.717, 1.165) is 45.4 Å². The predicted molar refractivity (Wildman–Crippen MR) is 136 cm³/mol. The molecule has 172 valence electrons.